The number of ether oxygens (including phenoxy) is 1. The molecule has 0 heterocycles. The first-order chi connectivity index (χ1) is 8.63. The third-order valence-corrected chi connectivity index (χ3v) is 2.32. The van der Waals surface area contributed by atoms with Crippen LogP contribution in [-0.2, 0) is 11.3 Å². The maximum atomic E-state index is 11.4. The van der Waals surface area contributed by atoms with Crippen LogP contribution < -0.4 is 15.4 Å². The Hall–Kier alpha value is -1.55. The van der Waals surface area contributed by atoms with E-state index in [9.17, 15) is 4.79 Å². The lowest BCUT2D eigenvalue weighted by Gasteiger charge is -2.12. The van der Waals surface area contributed by atoms with Gasteiger partial charge in [-0.3, -0.25) is 4.79 Å². The van der Waals surface area contributed by atoms with Crippen LogP contribution in [0, 0.1) is 0 Å². The fourth-order valence-electron chi connectivity index (χ4n) is 1.63. The van der Waals surface area contributed by atoms with E-state index in [1.165, 1.54) is 0 Å². The Balaban J connectivity index is 2.41. The zero-order chi connectivity index (χ0) is 13.4. The van der Waals surface area contributed by atoms with Gasteiger partial charge in [0.05, 0.1) is 13.2 Å². The number of carbonyl (C=O) groups excluding carboxylic acids is 1. The molecule has 0 atom stereocenters. The van der Waals surface area contributed by atoms with Gasteiger partial charge in [-0.1, -0.05) is 18.2 Å². The lowest BCUT2D eigenvalue weighted by Crippen LogP contribution is -2.37. The zero-order valence-electron chi connectivity index (χ0n) is 11.3. The summed E-state index contributed by atoms with van der Waals surface area (Å²) in [6.07, 6.45) is 0. The molecule has 0 radical (unpaired) electrons. The second-order valence-corrected chi connectivity index (χ2v) is 4.37. The van der Waals surface area contributed by atoms with E-state index in [1.807, 2.05) is 45.0 Å². The molecule has 0 fully saturated rings. The molecule has 0 aromatic heterocycles. The van der Waals surface area contributed by atoms with E-state index in [0.29, 0.717) is 19.7 Å². The highest BCUT2D eigenvalue weighted by atomic mass is 16.5. The second kappa shape index (κ2) is 7.71. The fourth-order valence-corrected chi connectivity index (χ4v) is 1.63. The van der Waals surface area contributed by atoms with Crippen LogP contribution in [0.25, 0.3) is 0 Å². The number of benzene rings is 1. The molecular weight excluding hydrogens is 228 g/mol. The number of hydrogen-bond donors (Lipinski definition) is 2. The van der Waals surface area contributed by atoms with Crippen molar-refractivity contribution in [3.63, 3.8) is 0 Å². The number of rotatable bonds is 7. The van der Waals surface area contributed by atoms with Gasteiger partial charge in [0, 0.05) is 18.2 Å². The standard InChI is InChI=1S/C14H22N2O2/c1-4-18-13-8-6-5-7-12(13)9-15-10-14(17)16-11(2)3/h5-8,11,15H,4,9-10H2,1-3H3,(H,16,17). The lowest BCUT2D eigenvalue weighted by molar-refractivity contribution is -0.120. The van der Waals surface area contributed by atoms with Crippen molar-refractivity contribution in [1.82, 2.24) is 10.6 Å². The predicted octanol–water partition coefficient (Wildman–Crippen LogP) is 1.70. The molecule has 1 rings (SSSR count). The van der Waals surface area contributed by atoms with Crippen molar-refractivity contribution in [2.75, 3.05) is 13.2 Å². The number of hydrogen-bond acceptors (Lipinski definition) is 3. The quantitative estimate of drug-likeness (QED) is 0.774. The molecule has 4 heteroatoms. The minimum Gasteiger partial charge on any atom is -0.494 e. The summed E-state index contributed by atoms with van der Waals surface area (Å²) in [5, 5.41) is 5.95. The van der Waals surface area contributed by atoms with Crippen molar-refractivity contribution >= 4 is 5.91 Å². The molecule has 18 heavy (non-hydrogen) atoms. The highest BCUT2D eigenvalue weighted by Gasteiger charge is 2.05. The smallest absolute Gasteiger partial charge is 0.234 e. The first kappa shape index (κ1) is 14.5. The maximum Gasteiger partial charge on any atom is 0.234 e. The van der Waals surface area contributed by atoms with Gasteiger partial charge in [-0.2, -0.15) is 0 Å². The summed E-state index contributed by atoms with van der Waals surface area (Å²) in [4.78, 5) is 11.4. The summed E-state index contributed by atoms with van der Waals surface area (Å²) in [5.74, 6) is 0.885. The SMILES string of the molecule is CCOc1ccccc1CNCC(=O)NC(C)C. The van der Waals surface area contributed by atoms with Crippen LogP contribution in [0.3, 0.4) is 0 Å². The number of para-hydroxylation sites is 1. The summed E-state index contributed by atoms with van der Waals surface area (Å²) < 4.78 is 5.52. The van der Waals surface area contributed by atoms with Gasteiger partial charge in [0.25, 0.3) is 0 Å². The summed E-state index contributed by atoms with van der Waals surface area (Å²) in [7, 11) is 0. The molecule has 2 N–H and O–H groups in total. The van der Waals surface area contributed by atoms with Gasteiger partial charge in [-0.15, -0.1) is 0 Å². The van der Waals surface area contributed by atoms with Crippen LogP contribution in [0.15, 0.2) is 24.3 Å². The maximum absolute atomic E-state index is 11.4. The minimum absolute atomic E-state index is 0.0129. The van der Waals surface area contributed by atoms with E-state index in [0.717, 1.165) is 11.3 Å². The molecule has 0 saturated heterocycles. The topological polar surface area (TPSA) is 50.4 Å². The summed E-state index contributed by atoms with van der Waals surface area (Å²) >= 11 is 0. The van der Waals surface area contributed by atoms with Crippen molar-refractivity contribution in [2.24, 2.45) is 0 Å². The molecule has 0 aliphatic carbocycles. The molecule has 1 aromatic rings. The van der Waals surface area contributed by atoms with E-state index in [2.05, 4.69) is 10.6 Å². The Bertz CT molecular complexity index is 378. The molecule has 0 aliphatic rings. The average Bonchev–Trinajstić information content (AvgIpc) is 2.30. The molecule has 1 amide bonds. The lowest BCUT2D eigenvalue weighted by atomic mass is 10.2. The molecule has 0 unspecified atom stereocenters. The van der Waals surface area contributed by atoms with E-state index in [1.54, 1.807) is 0 Å². The normalized spacial score (nSPS) is 10.4. The van der Waals surface area contributed by atoms with Gasteiger partial charge in [-0.05, 0) is 26.8 Å². The first-order valence-electron chi connectivity index (χ1n) is 6.34. The van der Waals surface area contributed by atoms with Crippen molar-refractivity contribution in [3.8, 4) is 5.75 Å². The Labute approximate surface area is 109 Å². The third kappa shape index (κ3) is 5.19. The molecule has 0 saturated carbocycles. The van der Waals surface area contributed by atoms with Crippen molar-refractivity contribution in [3.05, 3.63) is 29.8 Å². The number of amides is 1. The van der Waals surface area contributed by atoms with Gasteiger partial charge in [0.1, 0.15) is 5.75 Å². The van der Waals surface area contributed by atoms with Crippen LogP contribution in [0.1, 0.15) is 26.3 Å². The van der Waals surface area contributed by atoms with Crippen LogP contribution in [0.5, 0.6) is 5.75 Å². The fraction of sp³-hybridized carbons (Fsp3) is 0.500. The first-order valence-corrected chi connectivity index (χ1v) is 6.34. The van der Waals surface area contributed by atoms with Crippen LogP contribution in [-0.4, -0.2) is 25.1 Å². The van der Waals surface area contributed by atoms with Gasteiger partial charge >= 0.3 is 0 Å². The van der Waals surface area contributed by atoms with Gasteiger partial charge in [0.2, 0.25) is 5.91 Å². The van der Waals surface area contributed by atoms with Crippen molar-refractivity contribution in [1.29, 1.82) is 0 Å². The zero-order valence-corrected chi connectivity index (χ0v) is 11.3. The summed E-state index contributed by atoms with van der Waals surface area (Å²) in [6, 6.07) is 8.02. The molecule has 0 spiro atoms. The van der Waals surface area contributed by atoms with Crippen molar-refractivity contribution in [2.45, 2.75) is 33.4 Å². The highest BCUT2D eigenvalue weighted by Crippen LogP contribution is 2.17. The Kier molecular flexibility index (Phi) is 6.22. The van der Waals surface area contributed by atoms with Crippen molar-refractivity contribution < 1.29 is 9.53 Å². The Morgan fingerprint density at radius 2 is 2.06 bits per heavy atom. The summed E-state index contributed by atoms with van der Waals surface area (Å²) in [6.45, 7) is 7.44. The molecule has 100 valence electrons. The molecule has 0 aliphatic heterocycles. The molecular formula is C14H22N2O2. The predicted molar refractivity (Wildman–Crippen MR) is 72.6 cm³/mol. The highest BCUT2D eigenvalue weighted by molar-refractivity contribution is 5.78. The van der Waals surface area contributed by atoms with Crippen LogP contribution >= 0.6 is 0 Å². The minimum atomic E-state index is 0.0129. The largest absolute Gasteiger partial charge is 0.494 e. The second-order valence-electron chi connectivity index (χ2n) is 4.37. The van der Waals surface area contributed by atoms with E-state index in [-0.39, 0.29) is 11.9 Å². The van der Waals surface area contributed by atoms with E-state index < -0.39 is 0 Å². The van der Waals surface area contributed by atoms with Gasteiger partial charge in [-0.25, -0.2) is 0 Å². The Morgan fingerprint density at radius 3 is 2.72 bits per heavy atom. The average molecular weight is 250 g/mol. The molecule has 4 nitrogen and oxygen atoms in total. The third-order valence-electron chi connectivity index (χ3n) is 2.32. The van der Waals surface area contributed by atoms with Gasteiger partial charge in [0.15, 0.2) is 0 Å². The van der Waals surface area contributed by atoms with E-state index in [4.69, 9.17) is 4.74 Å². The van der Waals surface area contributed by atoms with E-state index >= 15 is 0 Å². The Morgan fingerprint density at radius 1 is 1.33 bits per heavy atom. The summed E-state index contributed by atoms with van der Waals surface area (Å²) in [5.41, 5.74) is 1.07. The molecule has 0 bridgehead atoms. The monoisotopic (exact) mass is 250 g/mol. The number of carbonyl (C=O) groups is 1. The van der Waals surface area contributed by atoms with Gasteiger partial charge < -0.3 is 15.4 Å². The number of nitrogens with one attached hydrogen (secondary N) is 2. The van der Waals surface area contributed by atoms with Crippen LogP contribution in [0.2, 0.25) is 0 Å². The van der Waals surface area contributed by atoms with Crippen LogP contribution in [0.4, 0.5) is 0 Å². The molecule has 1 aromatic carbocycles.